The van der Waals surface area contributed by atoms with Crippen LogP contribution in [0.1, 0.15) is 5.56 Å². The van der Waals surface area contributed by atoms with Crippen LogP contribution in [0.4, 0.5) is 5.82 Å². The summed E-state index contributed by atoms with van der Waals surface area (Å²) in [6.45, 7) is 1.97. The van der Waals surface area contributed by atoms with E-state index in [9.17, 15) is 0 Å². The molecule has 4 nitrogen and oxygen atoms in total. The average Bonchev–Trinajstić information content (AvgIpc) is 2.65. The van der Waals surface area contributed by atoms with E-state index in [1.54, 1.807) is 13.2 Å². The lowest BCUT2D eigenvalue weighted by Gasteiger charge is -2.09. The predicted molar refractivity (Wildman–Crippen MR) is 65.3 cm³/mol. The fraction of sp³-hybridized carbons (Fsp3) is 0.182. The standard InChI is InChI=1S/C11H11BrN2O2/c1-6-3-4-7(10(12)11(6)15-2)8-5-9(13)14-16-8/h3-5H,1-2H3,(H2,13,14). The quantitative estimate of drug-likeness (QED) is 0.920. The fourth-order valence-corrected chi connectivity index (χ4v) is 2.31. The van der Waals surface area contributed by atoms with Gasteiger partial charge >= 0.3 is 0 Å². The molecule has 5 heteroatoms. The molecular weight excluding hydrogens is 272 g/mol. The van der Waals surface area contributed by atoms with Crippen LogP contribution in [0.3, 0.4) is 0 Å². The van der Waals surface area contributed by atoms with Crippen molar-refractivity contribution in [3.05, 3.63) is 28.2 Å². The Labute approximate surface area is 102 Å². The summed E-state index contributed by atoms with van der Waals surface area (Å²) < 4.78 is 11.3. The molecule has 0 atom stereocenters. The van der Waals surface area contributed by atoms with Gasteiger partial charge in [0.1, 0.15) is 5.75 Å². The van der Waals surface area contributed by atoms with Gasteiger partial charge in [-0.05, 0) is 34.5 Å². The molecule has 1 heterocycles. The maximum Gasteiger partial charge on any atom is 0.170 e. The molecule has 0 radical (unpaired) electrons. The first-order chi connectivity index (χ1) is 7.63. The van der Waals surface area contributed by atoms with Crippen LogP contribution < -0.4 is 10.5 Å². The van der Waals surface area contributed by atoms with Gasteiger partial charge in [-0.15, -0.1) is 0 Å². The van der Waals surface area contributed by atoms with Gasteiger partial charge in [0.05, 0.1) is 11.6 Å². The molecule has 0 unspecified atom stereocenters. The third-order valence-corrected chi connectivity index (χ3v) is 3.08. The predicted octanol–water partition coefficient (Wildman–Crippen LogP) is 3.00. The topological polar surface area (TPSA) is 61.3 Å². The molecule has 1 aromatic heterocycles. The maximum atomic E-state index is 5.52. The number of methoxy groups -OCH3 is 1. The highest BCUT2D eigenvalue weighted by atomic mass is 79.9. The lowest BCUT2D eigenvalue weighted by atomic mass is 10.1. The molecule has 0 bridgehead atoms. The summed E-state index contributed by atoms with van der Waals surface area (Å²) in [6.07, 6.45) is 0. The van der Waals surface area contributed by atoms with Gasteiger partial charge in [-0.2, -0.15) is 0 Å². The largest absolute Gasteiger partial charge is 0.495 e. The van der Waals surface area contributed by atoms with E-state index in [4.69, 9.17) is 15.0 Å². The number of halogens is 1. The first-order valence-electron chi connectivity index (χ1n) is 4.69. The summed E-state index contributed by atoms with van der Waals surface area (Å²) in [5.41, 5.74) is 7.43. The highest BCUT2D eigenvalue weighted by Gasteiger charge is 2.14. The number of rotatable bonds is 2. The molecule has 0 fully saturated rings. The Morgan fingerprint density at radius 3 is 2.75 bits per heavy atom. The van der Waals surface area contributed by atoms with Crippen LogP contribution in [0.5, 0.6) is 5.75 Å². The van der Waals surface area contributed by atoms with Crippen LogP contribution in [0.15, 0.2) is 27.2 Å². The molecular formula is C11H11BrN2O2. The van der Waals surface area contributed by atoms with Gasteiger partial charge in [0, 0.05) is 11.6 Å². The highest BCUT2D eigenvalue weighted by Crippen LogP contribution is 2.38. The maximum absolute atomic E-state index is 5.52. The summed E-state index contributed by atoms with van der Waals surface area (Å²) in [5, 5.41) is 3.65. The Morgan fingerprint density at radius 1 is 1.44 bits per heavy atom. The van der Waals surface area contributed by atoms with E-state index in [1.807, 2.05) is 19.1 Å². The van der Waals surface area contributed by atoms with Crippen molar-refractivity contribution in [2.75, 3.05) is 12.8 Å². The Bertz CT molecular complexity index is 523. The number of nitrogen functional groups attached to an aromatic ring is 1. The van der Waals surface area contributed by atoms with Crippen molar-refractivity contribution >= 4 is 21.7 Å². The summed E-state index contributed by atoms with van der Waals surface area (Å²) in [5.74, 6) is 1.76. The third kappa shape index (κ3) is 1.78. The molecule has 0 aliphatic heterocycles. The van der Waals surface area contributed by atoms with Crippen molar-refractivity contribution < 1.29 is 9.26 Å². The summed E-state index contributed by atoms with van der Waals surface area (Å²) in [4.78, 5) is 0. The molecule has 0 amide bonds. The molecule has 0 saturated carbocycles. The molecule has 0 aliphatic rings. The van der Waals surface area contributed by atoms with Crippen LogP contribution in [-0.2, 0) is 0 Å². The Balaban J connectivity index is 2.58. The zero-order valence-corrected chi connectivity index (χ0v) is 10.5. The van der Waals surface area contributed by atoms with Crippen molar-refractivity contribution in [2.24, 2.45) is 0 Å². The second kappa shape index (κ2) is 4.17. The Hall–Kier alpha value is -1.49. The molecule has 0 saturated heterocycles. The fourth-order valence-electron chi connectivity index (χ4n) is 1.51. The van der Waals surface area contributed by atoms with Gasteiger partial charge in [0.15, 0.2) is 11.6 Å². The Morgan fingerprint density at radius 2 is 2.19 bits per heavy atom. The number of benzene rings is 1. The minimum atomic E-state index is 0.362. The van der Waals surface area contributed by atoms with E-state index in [0.717, 1.165) is 21.3 Å². The second-order valence-electron chi connectivity index (χ2n) is 3.39. The van der Waals surface area contributed by atoms with E-state index in [2.05, 4.69) is 21.1 Å². The number of aromatic nitrogens is 1. The first kappa shape index (κ1) is 11.0. The summed E-state index contributed by atoms with van der Waals surface area (Å²) >= 11 is 3.48. The molecule has 2 rings (SSSR count). The van der Waals surface area contributed by atoms with Gasteiger partial charge in [-0.3, -0.25) is 0 Å². The average molecular weight is 283 g/mol. The molecule has 0 spiro atoms. The van der Waals surface area contributed by atoms with Gasteiger partial charge in [-0.1, -0.05) is 11.2 Å². The molecule has 2 aromatic rings. The van der Waals surface area contributed by atoms with Crippen molar-refractivity contribution in [1.82, 2.24) is 5.16 Å². The van der Waals surface area contributed by atoms with E-state index in [0.29, 0.717) is 11.6 Å². The summed E-state index contributed by atoms with van der Waals surface area (Å²) in [7, 11) is 1.63. The SMILES string of the molecule is COc1c(C)ccc(-c2cc(N)no2)c1Br. The molecule has 1 aromatic carbocycles. The van der Waals surface area contributed by atoms with E-state index < -0.39 is 0 Å². The smallest absolute Gasteiger partial charge is 0.170 e. The van der Waals surface area contributed by atoms with E-state index >= 15 is 0 Å². The lowest BCUT2D eigenvalue weighted by Crippen LogP contribution is -1.90. The number of nitrogens with two attached hydrogens (primary N) is 1. The van der Waals surface area contributed by atoms with Crippen molar-refractivity contribution in [3.63, 3.8) is 0 Å². The van der Waals surface area contributed by atoms with Crippen LogP contribution in [0.2, 0.25) is 0 Å². The minimum Gasteiger partial charge on any atom is -0.495 e. The highest BCUT2D eigenvalue weighted by molar-refractivity contribution is 9.10. The van der Waals surface area contributed by atoms with Crippen LogP contribution >= 0.6 is 15.9 Å². The van der Waals surface area contributed by atoms with E-state index in [1.165, 1.54) is 0 Å². The molecule has 2 N–H and O–H groups in total. The van der Waals surface area contributed by atoms with Crippen molar-refractivity contribution in [3.8, 4) is 17.1 Å². The molecule has 0 aliphatic carbocycles. The number of nitrogens with zero attached hydrogens (tertiary/aromatic N) is 1. The number of anilines is 1. The van der Waals surface area contributed by atoms with Crippen LogP contribution in [0.25, 0.3) is 11.3 Å². The Kier molecular flexibility index (Phi) is 2.87. The number of ether oxygens (including phenoxy) is 1. The third-order valence-electron chi connectivity index (χ3n) is 2.29. The lowest BCUT2D eigenvalue weighted by molar-refractivity contribution is 0.408. The van der Waals surface area contributed by atoms with Gasteiger partial charge in [0.2, 0.25) is 0 Å². The first-order valence-corrected chi connectivity index (χ1v) is 5.48. The van der Waals surface area contributed by atoms with Crippen molar-refractivity contribution in [1.29, 1.82) is 0 Å². The molecule has 84 valence electrons. The minimum absolute atomic E-state index is 0.362. The number of hydrogen-bond acceptors (Lipinski definition) is 4. The zero-order chi connectivity index (χ0) is 11.7. The van der Waals surface area contributed by atoms with Crippen LogP contribution in [-0.4, -0.2) is 12.3 Å². The van der Waals surface area contributed by atoms with E-state index in [-0.39, 0.29) is 0 Å². The summed E-state index contributed by atoms with van der Waals surface area (Å²) in [6, 6.07) is 5.56. The number of hydrogen-bond donors (Lipinski definition) is 1. The van der Waals surface area contributed by atoms with Gasteiger partial charge < -0.3 is 15.0 Å². The zero-order valence-electron chi connectivity index (χ0n) is 8.95. The van der Waals surface area contributed by atoms with Gasteiger partial charge in [0.25, 0.3) is 0 Å². The van der Waals surface area contributed by atoms with Gasteiger partial charge in [-0.25, -0.2) is 0 Å². The second-order valence-corrected chi connectivity index (χ2v) is 4.19. The van der Waals surface area contributed by atoms with Crippen molar-refractivity contribution in [2.45, 2.75) is 6.92 Å². The number of aryl methyl sites for hydroxylation is 1. The monoisotopic (exact) mass is 282 g/mol. The normalized spacial score (nSPS) is 10.4. The molecule has 16 heavy (non-hydrogen) atoms. The van der Waals surface area contributed by atoms with Crippen LogP contribution in [0, 0.1) is 6.92 Å².